The summed E-state index contributed by atoms with van der Waals surface area (Å²) in [6.45, 7) is 1.97. The number of aromatic nitrogens is 2. The molecule has 3 rings (SSSR count). The lowest BCUT2D eigenvalue weighted by molar-refractivity contribution is -0.117. The maximum Gasteiger partial charge on any atom is 0.227 e. The minimum atomic E-state index is 0.139. The molecule has 1 aliphatic heterocycles. The lowest BCUT2D eigenvalue weighted by Gasteiger charge is -2.13. The van der Waals surface area contributed by atoms with E-state index in [0.717, 1.165) is 5.69 Å². The van der Waals surface area contributed by atoms with Crippen molar-refractivity contribution in [2.75, 3.05) is 18.0 Å². The Kier molecular flexibility index (Phi) is 3.52. The summed E-state index contributed by atoms with van der Waals surface area (Å²) in [5, 5.41) is 4.33. The summed E-state index contributed by atoms with van der Waals surface area (Å²) in [4.78, 5) is 13.7. The molecule has 20 heavy (non-hydrogen) atoms. The highest BCUT2D eigenvalue weighted by Crippen LogP contribution is 2.24. The van der Waals surface area contributed by atoms with Crippen molar-refractivity contribution in [1.82, 2.24) is 9.78 Å². The van der Waals surface area contributed by atoms with E-state index >= 15 is 0 Å². The summed E-state index contributed by atoms with van der Waals surface area (Å²) >= 11 is 0. The van der Waals surface area contributed by atoms with Crippen molar-refractivity contribution in [2.45, 2.75) is 13.0 Å². The fourth-order valence-corrected chi connectivity index (χ4v) is 2.54. The van der Waals surface area contributed by atoms with Crippen LogP contribution in [0.2, 0.25) is 0 Å². The second-order valence-electron chi connectivity index (χ2n) is 5.19. The Morgan fingerprint density at radius 1 is 1.30 bits per heavy atom. The number of hydrogen-bond acceptors (Lipinski definition) is 3. The molecule has 1 fully saturated rings. The molecule has 5 heteroatoms. The third-order valence-corrected chi connectivity index (χ3v) is 3.66. The molecule has 0 bridgehead atoms. The maximum atomic E-state index is 11.9. The third kappa shape index (κ3) is 2.58. The summed E-state index contributed by atoms with van der Waals surface area (Å²) < 4.78 is 1.85. The van der Waals surface area contributed by atoms with Crippen molar-refractivity contribution in [2.24, 2.45) is 11.7 Å². The summed E-state index contributed by atoms with van der Waals surface area (Å²) in [7, 11) is 0. The van der Waals surface area contributed by atoms with Crippen LogP contribution in [-0.2, 0) is 11.3 Å². The van der Waals surface area contributed by atoms with Gasteiger partial charge in [-0.05, 0) is 18.0 Å². The smallest absolute Gasteiger partial charge is 0.227 e. The van der Waals surface area contributed by atoms with Gasteiger partial charge in [-0.2, -0.15) is 5.10 Å². The van der Waals surface area contributed by atoms with Crippen LogP contribution in [0.1, 0.15) is 12.0 Å². The van der Waals surface area contributed by atoms with Gasteiger partial charge in [0.05, 0.1) is 18.4 Å². The molecular weight excluding hydrogens is 252 g/mol. The zero-order chi connectivity index (χ0) is 13.9. The average Bonchev–Trinajstić information content (AvgIpc) is 3.06. The molecule has 1 atom stereocenters. The largest absolute Gasteiger partial charge is 0.330 e. The molecule has 5 nitrogen and oxygen atoms in total. The molecule has 0 aliphatic carbocycles. The van der Waals surface area contributed by atoms with Crippen LogP contribution in [-0.4, -0.2) is 28.8 Å². The zero-order valence-corrected chi connectivity index (χ0v) is 11.3. The van der Waals surface area contributed by atoms with Gasteiger partial charge in [-0.25, -0.2) is 0 Å². The minimum absolute atomic E-state index is 0.139. The Morgan fingerprint density at radius 2 is 2.10 bits per heavy atom. The molecule has 104 valence electrons. The number of rotatable bonds is 4. The Morgan fingerprint density at radius 3 is 2.80 bits per heavy atom. The van der Waals surface area contributed by atoms with Gasteiger partial charge in [0.15, 0.2) is 0 Å². The Labute approximate surface area is 118 Å². The summed E-state index contributed by atoms with van der Waals surface area (Å²) in [6.07, 6.45) is 4.21. The quantitative estimate of drug-likeness (QED) is 0.909. The number of anilines is 1. The van der Waals surface area contributed by atoms with Crippen LogP contribution in [0.4, 0.5) is 5.69 Å². The first-order valence-electron chi connectivity index (χ1n) is 6.83. The van der Waals surface area contributed by atoms with Crippen molar-refractivity contribution in [3.8, 4) is 0 Å². The molecule has 2 aromatic rings. The first kappa shape index (κ1) is 12.9. The van der Waals surface area contributed by atoms with Crippen LogP contribution < -0.4 is 10.6 Å². The highest BCUT2D eigenvalue weighted by atomic mass is 16.2. The van der Waals surface area contributed by atoms with Crippen molar-refractivity contribution in [3.05, 3.63) is 48.3 Å². The number of hydrogen-bond donors (Lipinski definition) is 1. The molecule has 1 aromatic carbocycles. The van der Waals surface area contributed by atoms with Crippen molar-refractivity contribution < 1.29 is 4.79 Å². The molecule has 2 N–H and O–H groups in total. The van der Waals surface area contributed by atoms with Crippen LogP contribution in [0.5, 0.6) is 0 Å². The van der Waals surface area contributed by atoms with Crippen molar-refractivity contribution in [3.63, 3.8) is 0 Å². The van der Waals surface area contributed by atoms with E-state index in [0.29, 0.717) is 26.1 Å². The average molecular weight is 270 g/mol. The lowest BCUT2D eigenvalue weighted by Crippen LogP contribution is -2.25. The van der Waals surface area contributed by atoms with Crippen molar-refractivity contribution >= 4 is 11.6 Å². The van der Waals surface area contributed by atoms with E-state index in [1.54, 1.807) is 11.1 Å². The first-order chi connectivity index (χ1) is 9.76. The third-order valence-electron chi connectivity index (χ3n) is 3.66. The van der Waals surface area contributed by atoms with Gasteiger partial charge in [0, 0.05) is 19.2 Å². The summed E-state index contributed by atoms with van der Waals surface area (Å²) in [6, 6.07) is 10.1. The molecule has 2 heterocycles. The van der Waals surface area contributed by atoms with Gasteiger partial charge in [0.1, 0.15) is 0 Å². The topological polar surface area (TPSA) is 64.2 Å². The minimum Gasteiger partial charge on any atom is -0.330 e. The molecule has 1 amide bonds. The number of carbonyl (C=O) groups excluding carboxylic acids is 1. The summed E-state index contributed by atoms with van der Waals surface area (Å²) in [5.41, 5.74) is 7.70. The normalized spacial score (nSPS) is 18.8. The Hall–Kier alpha value is -2.14. The van der Waals surface area contributed by atoms with Gasteiger partial charge in [0.2, 0.25) is 5.91 Å². The lowest BCUT2D eigenvalue weighted by atomic mass is 10.1. The van der Waals surface area contributed by atoms with Gasteiger partial charge in [-0.3, -0.25) is 9.48 Å². The highest BCUT2D eigenvalue weighted by Gasteiger charge is 2.30. The fourth-order valence-electron chi connectivity index (χ4n) is 2.54. The molecule has 1 unspecified atom stereocenters. The van der Waals surface area contributed by atoms with Crippen LogP contribution >= 0.6 is 0 Å². The molecule has 1 saturated heterocycles. The van der Waals surface area contributed by atoms with Crippen molar-refractivity contribution in [1.29, 1.82) is 0 Å². The maximum absolute atomic E-state index is 11.9. The number of carbonyl (C=O) groups is 1. The fraction of sp³-hybridized carbons (Fsp3) is 0.333. The van der Waals surface area contributed by atoms with Gasteiger partial charge < -0.3 is 10.6 Å². The number of nitrogens with two attached hydrogens (primary N) is 1. The number of benzene rings is 1. The van der Waals surface area contributed by atoms with Crippen LogP contribution in [0.25, 0.3) is 0 Å². The van der Waals surface area contributed by atoms with E-state index < -0.39 is 0 Å². The first-order valence-corrected chi connectivity index (χ1v) is 6.83. The van der Waals surface area contributed by atoms with E-state index in [1.807, 2.05) is 29.1 Å². The highest BCUT2D eigenvalue weighted by molar-refractivity contribution is 5.95. The van der Waals surface area contributed by atoms with Gasteiger partial charge >= 0.3 is 0 Å². The second-order valence-corrected chi connectivity index (χ2v) is 5.19. The van der Waals surface area contributed by atoms with E-state index in [-0.39, 0.29) is 11.8 Å². The predicted molar refractivity (Wildman–Crippen MR) is 77.3 cm³/mol. The molecule has 0 spiro atoms. The van der Waals surface area contributed by atoms with Gasteiger partial charge in [-0.15, -0.1) is 0 Å². The zero-order valence-electron chi connectivity index (χ0n) is 11.3. The van der Waals surface area contributed by atoms with Crippen LogP contribution in [0.3, 0.4) is 0 Å². The van der Waals surface area contributed by atoms with Crippen LogP contribution in [0, 0.1) is 5.92 Å². The van der Waals surface area contributed by atoms with Crippen LogP contribution in [0.15, 0.2) is 42.7 Å². The van der Waals surface area contributed by atoms with Gasteiger partial charge in [0.25, 0.3) is 0 Å². The monoisotopic (exact) mass is 270 g/mol. The number of nitrogens with zero attached hydrogens (tertiary/aromatic N) is 3. The molecule has 1 aliphatic rings. The second kappa shape index (κ2) is 5.46. The molecule has 0 saturated carbocycles. The molecular formula is C15H18N4O. The predicted octanol–water partition coefficient (Wildman–Crippen LogP) is 1.24. The van der Waals surface area contributed by atoms with Gasteiger partial charge in [-0.1, -0.05) is 30.3 Å². The van der Waals surface area contributed by atoms with E-state index in [4.69, 9.17) is 5.73 Å². The van der Waals surface area contributed by atoms with E-state index in [9.17, 15) is 4.79 Å². The van der Waals surface area contributed by atoms with E-state index in [1.165, 1.54) is 5.56 Å². The Balaban J connectivity index is 1.72. The SMILES string of the molecule is NCC1CC(=O)N(c2cnn(Cc3ccccc3)c2)C1. The molecule has 1 aromatic heterocycles. The Bertz CT molecular complexity index is 593. The number of amides is 1. The molecule has 0 radical (unpaired) electrons. The summed E-state index contributed by atoms with van der Waals surface area (Å²) in [5.74, 6) is 0.402. The standard InChI is InChI=1S/C15H18N4O/c16-7-13-6-15(20)19(10-13)14-8-17-18(11-14)9-12-4-2-1-3-5-12/h1-5,8,11,13H,6-7,9-10,16H2. The van der Waals surface area contributed by atoms with E-state index in [2.05, 4.69) is 17.2 Å².